The van der Waals surface area contributed by atoms with Crippen molar-refractivity contribution in [1.29, 1.82) is 0 Å². The van der Waals surface area contributed by atoms with Gasteiger partial charge in [-0.05, 0) is 44.2 Å². The molecule has 9 heteroatoms. The Morgan fingerprint density at radius 2 is 2.08 bits per heavy atom. The van der Waals surface area contributed by atoms with Gasteiger partial charge >= 0.3 is 0 Å². The number of nitrogens with zero attached hydrogens (tertiary/aromatic N) is 4. The van der Waals surface area contributed by atoms with E-state index >= 15 is 0 Å². The van der Waals surface area contributed by atoms with Crippen molar-refractivity contribution in [2.75, 3.05) is 13.1 Å². The average Bonchev–Trinajstić information content (AvgIpc) is 2.96. The number of rotatable bonds is 5. The van der Waals surface area contributed by atoms with Gasteiger partial charge in [0.2, 0.25) is 0 Å². The monoisotopic (exact) mass is 382 g/mol. The summed E-state index contributed by atoms with van der Waals surface area (Å²) in [4.78, 5) is 16.4. The van der Waals surface area contributed by atoms with Crippen molar-refractivity contribution in [3.8, 4) is 5.69 Å². The Kier molecular flexibility index (Phi) is 7.76. The van der Waals surface area contributed by atoms with Crippen LogP contribution in [0.4, 0.5) is 0 Å². The van der Waals surface area contributed by atoms with Crippen LogP contribution in [0.1, 0.15) is 22.6 Å². The van der Waals surface area contributed by atoms with Crippen molar-refractivity contribution in [3.63, 3.8) is 0 Å². The Balaban J connectivity index is 0.00000156. The largest absolute Gasteiger partial charge is 0.351 e. The van der Waals surface area contributed by atoms with Gasteiger partial charge in [-0.1, -0.05) is 11.3 Å². The van der Waals surface area contributed by atoms with Gasteiger partial charge < -0.3 is 11.1 Å². The number of nitrogens with one attached hydrogen (secondary N) is 1. The Hall–Kier alpha value is -2.22. The van der Waals surface area contributed by atoms with Crippen LogP contribution in [0, 0.1) is 6.92 Å². The van der Waals surface area contributed by atoms with Gasteiger partial charge in [0.05, 0.1) is 16.9 Å². The second-order valence-electron chi connectivity index (χ2n) is 5.21. The molecule has 0 aliphatic heterocycles. The summed E-state index contributed by atoms with van der Waals surface area (Å²) in [7, 11) is 0. The lowest BCUT2D eigenvalue weighted by atomic mass is 10.2. The summed E-state index contributed by atoms with van der Waals surface area (Å²) in [5, 5.41) is 11.9. The molecule has 1 amide bonds. The summed E-state index contributed by atoms with van der Waals surface area (Å²) in [6.07, 6.45) is 2.49. The van der Waals surface area contributed by atoms with Crippen molar-refractivity contribution >= 4 is 41.6 Å². The van der Waals surface area contributed by atoms with E-state index in [0.29, 0.717) is 24.5 Å². The second kappa shape index (κ2) is 9.31. The van der Waals surface area contributed by atoms with E-state index < -0.39 is 0 Å². The van der Waals surface area contributed by atoms with Crippen molar-refractivity contribution in [1.82, 2.24) is 25.3 Å². The molecule has 0 spiro atoms. The van der Waals surface area contributed by atoms with Crippen LogP contribution in [0.25, 0.3) is 16.6 Å². The van der Waals surface area contributed by atoms with E-state index in [1.807, 2.05) is 37.3 Å². The summed E-state index contributed by atoms with van der Waals surface area (Å²) in [6.45, 7) is 2.89. The first kappa shape index (κ1) is 20.8. The minimum atomic E-state index is -0.232. The van der Waals surface area contributed by atoms with Gasteiger partial charge in [0.1, 0.15) is 0 Å². The molecule has 0 aliphatic rings. The zero-order valence-electron chi connectivity index (χ0n) is 13.7. The molecule has 134 valence electrons. The predicted molar refractivity (Wildman–Crippen MR) is 102 cm³/mol. The first-order valence-corrected chi connectivity index (χ1v) is 7.46. The van der Waals surface area contributed by atoms with Crippen molar-refractivity contribution in [3.05, 3.63) is 47.9 Å². The van der Waals surface area contributed by atoms with E-state index in [1.54, 1.807) is 10.9 Å². The van der Waals surface area contributed by atoms with E-state index in [-0.39, 0.29) is 30.7 Å². The van der Waals surface area contributed by atoms with Gasteiger partial charge in [-0.3, -0.25) is 9.78 Å². The van der Waals surface area contributed by atoms with E-state index in [2.05, 4.69) is 20.6 Å². The number of carbonyl (C=O) groups excluding carboxylic acids is 1. The van der Waals surface area contributed by atoms with E-state index in [0.717, 1.165) is 23.0 Å². The van der Waals surface area contributed by atoms with Crippen LogP contribution >= 0.6 is 24.8 Å². The maximum atomic E-state index is 12.1. The van der Waals surface area contributed by atoms with Gasteiger partial charge in [-0.2, -0.15) is 0 Å². The molecule has 1 aromatic carbocycles. The zero-order valence-corrected chi connectivity index (χ0v) is 15.3. The molecule has 0 bridgehead atoms. The standard InChI is InChI=1S/C16H18N6O.2ClH/c1-11-15(16(23)19-9-3-7-17)20-21-22(11)13-5-6-14-12(10-13)4-2-8-18-14;;/h2,4-6,8,10H,3,7,9,17H2,1H3,(H,19,23);2*1H. The first-order chi connectivity index (χ1) is 11.2. The van der Waals surface area contributed by atoms with Crippen LogP contribution < -0.4 is 11.1 Å². The Bertz CT molecular complexity index is 852. The Morgan fingerprint density at radius 3 is 2.84 bits per heavy atom. The van der Waals surface area contributed by atoms with Gasteiger partial charge in [0, 0.05) is 18.1 Å². The number of carbonyl (C=O) groups is 1. The zero-order chi connectivity index (χ0) is 16.2. The van der Waals surface area contributed by atoms with E-state index in [4.69, 9.17) is 5.73 Å². The Morgan fingerprint density at radius 1 is 1.28 bits per heavy atom. The Labute approximate surface area is 157 Å². The summed E-state index contributed by atoms with van der Waals surface area (Å²) in [6, 6.07) is 9.68. The maximum Gasteiger partial charge on any atom is 0.273 e. The van der Waals surface area contributed by atoms with Crippen molar-refractivity contribution in [2.24, 2.45) is 5.73 Å². The number of hydrogen-bond acceptors (Lipinski definition) is 5. The maximum absolute atomic E-state index is 12.1. The number of fused-ring (bicyclic) bond motifs is 1. The lowest BCUT2D eigenvalue weighted by Gasteiger charge is -2.06. The molecule has 25 heavy (non-hydrogen) atoms. The van der Waals surface area contributed by atoms with Crippen LogP contribution in [0.2, 0.25) is 0 Å². The number of aromatic nitrogens is 4. The molecule has 0 saturated carbocycles. The average molecular weight is 383 g/mol. The van der Waals surface area contributed by atoms with Crippen molar-refractivity contribution < 1.29 is 4.79 Å². The molecule has 0 aliphatic carbocycles. The third-order valence-corrected chi connectivity index (χ3v) is 3.61. The molecule has 0 fully saturated rings. The number of pyridine rings is 1. The summed E-state index contributed by atoms with van der Waals surface area (Å²) < 4.78 is 1.66. The molecule has 0 unspecified atom stereocenters. The lowest BCUT2D eigenvalue weighted by Crippen LogP contribution is -2.27. The number of hydrogen-bond donors (Lipinski definition) is 2. The fraction of sp³-hybridized carbons (Fsp3) is 0.250. The molecule has 0 radical (unpaired) electrons. The molecule has 3 N–H and O–H groups in total. The highest BCUT2D eigenvalue weighted by atomic mass is 35.5. The third kappa shape index (κ3) is 4.45. The number of benzene rings is 1. The van der Waals surface area contributed by atoms with Crippen LogP contribution in [0.5, 0.6) is 0 Å². The minimum Gasteiger partial charge on any atom is -0.351 e. The van der Waals surface area contributed by atoms with Crippen LogP contribution in [-0.2, 0) is 0 Å². The third-order valence-electron chi connectivity index (χ3n) is 3.61. The topological polar surface area (TPSA) is 98.7 Å². The van der Waals surface area contributed by atoms with Gasteiger partial charge in [-0.15, -0.1) is 29.9 Å². The van der Waals surface area contributed by atoms with Gasteiger partial charge in [-0.25, -0.2) is 4.68 Å². The number of nitrogens with two attached hydrogens (primary N) is 1. The van der Waals surface area contributed by atoms with Crippen molar-refractivity contribution in [2.45, 2.75) is 13.3 Å². The molecule has 2 aromatic heterocycles. The highest BCUT2D eigenvalue weighted by Gasteiger charge is 2.17. The summed E-state index contributed by atoms with van der Waals surface area (Å²) >= 11 is 0. The van der Waals surface area contributed by atoms with Crippen LogP contribution in [-0.4, -0.2) is 39.0 Å². The SMILES string of the molecule is Cc1c(C(=O)NCCCN)nnn1-c1ccc2ncccc2c1.Cl.Cl. The first-order valence-electron chi connectivity index (χ1n) is 7.46. The van der Waals surface area contributed by atoms with Gasteiger partial charge in [0.25, 0.3) is 5.91 Å². The quantitative estimate of drug-likeness (QED) is 0.657. The highest BCUT2D eigenvalue weighted by molar-refractivity contribution is 5.93. The highest BCUT2D eigenvalue weighted by Crippen LogP contribution is 2.18. The fourth-order valence-corrected chi connectivity index (χ4v) is 2.37. The molecule has 2 heterocycles. The molecule has 7 nitrogen and oxygen atoms in total. The summed E-state index contributed by atoms with van der Waals surface area (Å²) in [5.41, 5.74) is 8.20. The summed E-state index contributed by atoms with van der Waals surface area (Å²) in [5.74, 6) is -0.232. The van der Waals surface area contributed by atoms with E-state index in [1.165, 1.54) is 0 Å². The lowest BCUT2D eigenvalue weighted by molar-refractivity contribution is 0.0948. The molecule has 3 aromatic rings. The molecular weight excluding hydrogens is 363 g/mol. The second-order valence-corrected chi connectivity index (χ2v) is 5.21. The fourth-order valence-electron chi connectivity index (χ4n) is 2.37. The smallest absolute Gasteiger partial charge is 0.273 e. The minimum absolute atomic E-state index is 0. The number of amides is 1. The number of halogens is 2. The van der Waals surface area contributed by atoms with Crippen LogP contribution in [0.3, 0.4) is 0 Å². The predicted octanol–water partition coefficient (Wildman–Crippen LogP) is 2.05. The normalized spacial score (nSPS) is 10.0. The van der Waals surface area contributed by atoms with Gasteiger partial charge in [0.15, 0.2) is 5.69 Å². The molecule has 3 rings (SSSR count). The van der Waals surface area contributed by atoms with E-state index in [9.17, 15) is 4.79 Å². The molecular formula is C16H20Cl2N6O. The molecule has 0 saturated heterocycles. The van der Waals surface area contributed by atoms with Crippen LogP contribution in [0.15, 0.2) is 36.5 Å². The molecule has 0 atom stereocenters.